The molecular weight excluding hydrogens is 426 g/mol. The molecule has 1 aliphatic heterocycles. The standard InChI is InChI=1S/C22H21N3S.C2H2O4/c1-2-6-19-15-17(9-10-18(19)5-1)16-24-11-13-25(14-12-24)22-23-20-7-3-4-8-21(20)26-22;3-1(4)2(5)6/h1-10,15H,11-14,16H2;(H,3,4)(H,5,6). The molecule has 1 aromatic heterocycles. The Morgan fingerprint density at radius 2 is 1.50 bits per heavy atom. The lowest BCUT2D eigenvalue weighted by Crippen LogP contribution is -2.45. The van der Waals surface area contributed by atoms with E-state index in [9.17, 15) is 0 Å². The lowest BCUT2D eigenvalue weighted by molar-refractivity contribution is -0.159. The minimum Gasteiger partial charge on any atom is -0.473 e. The maximum Gasteiger partial charge on any atom is 0.414 e. The first-order valence-corrected chi connectivity index (χ1v) is 11.1. The van der Waals surface area contributed by atoms with Crippen LogP contribution in [0.15, 0.2) is 66.7 Å². The van der Waals surface area contributed by atoms with Crippen LogP contribution in [0.25, 0.3) is 21.0 Å². The molecule has 5 rings (SSSR count). The summed E-state index contributed by atoms with van der Waals surface area (Å²) in [4.78, 5) is 28.0. The second-order valence-corrected chi connectivity index (χ2v) is 8.53. The van der Waals surface area contributed by atoms with E-state index in [1.807, 2.05) is 0 Å². The number of para-hydroxylation sites is 1. The third-order valence-corrected chi connectivity index (χ3v) is 6.43. The molecule has 0 atom stereocenters. The van der Waals surface area contributed by atoms with E-state index >= 15 is 0 Å². The third kappa shape index (κ3) is 5.22. The number of thiazole rings is 1. The van der Waals surface area contributed by atoms with Crippen LogP contribution < -0.4 is 4.90 Å². The van der Waals surface area contributed by atoms with Gasteiger partial charge in [-0.05, 0) is 34.5 Å². The minimum absolute atomic E-state index is 1.03. The number of nitrogens with zero attached hydrogens (tertiary/aromatic N) is 3. The lowest BCUT2D eigenvalue weighted by Gasteiger charge is -2.34. The van der Waals surface area contributed by atoms with E-state index in [2.05, 4.69) is 76.5 Å². The van der Waals surface area contributed by atoms with Gasteiger partial charge in [0.2, 0.25) is 0 Å². The Bertz CT molecular complexity index is 1200. The van der Waals surface area contributed by atoms with Crippen molar-refractivity contribution in [1.82, 2.24) is 9.88 Å². The van der Waals surface area contributed by atoms with Crippen molar-refractivity contribution in [2.45, 2.75) is 6.54 Å². The Labute approximate surface area is 189 Å². The van der Waals surface area contributed by atoms with Crippen LogP contribution in [0.4, 0.5) is 5.13 Å². The largest absolute Gasteiger partial charge is 0.473 e. The quantitative estimate of drug-likeness (QED) is 0.458. The van der Waals surface area contributed by atoms with Gasteiger partial charge in [0.05, 0.1) is 10.2 Å². The third-order valence-electron chi connectivity index (χ3n) is 5.33. The van der Waals surface area contributed by atoms with Crippen LogP contribution in [0, 0.1) is 0 Å². The number of benzene rings is 3. The second kappa shape index (κ2) is 9.76. The van der Waals surface area contributed by atoms with Gasteiger partial charge in [-0.1, -0.05) is 59.9 Å². The Balaban J connectivity index is 0.000000363. The van der Waals surface area contributed by atoms with E-state index in [-0.39, 0.29) is 0 Å². The fraction of sp³-hybridized carbons (Fsp3) is 0.208. The molecule has 0 amide bonds. The summed E-state index contributed by atoms with van der Waals surface area (Å²) < 4.78 is 1.28. The van der Waals surface area contributed by atoms with Crippen LogP contribution in [-0.4, -0.2) is 58.2 Å². The van der Waals surface area contributed by atoms with Crippen molar-refractivity contribution in [3.8, 4) is 0 Å². The summed E-state index contributed by atoms with van der Waals surface area (Å²) in [6.07, 6.45) is 0. The van der Waals surface area contributed by atoms with Crippen molar-refractivity contribution in [1.29, 1.82) is 0 Å². The number of anilines is 1. The van der Waals surface area contributed by atoms with Gasteiger partial charge in [-0.2, -0.15) is 0 Å². The van der Waals surface area contributed by atoms with E-state index in [0.717, 1.165) is 43.4 Å². The Morgan fingerprint density at radius 1 is 0.844 bits per heavy atom. The van der Waals surface area contributed by atoms with Crippen LogP contribution in [0.3, 0.4) is 0 Å². The first kappa shape index (κ1) is 21.7. The molecule has 1 aliphatic rings. The Hall–Kier alpha value is -3.49. The lowest BCUT2D eigenvalue weighted by atomic mass is 10.1. The summed E-state index contributed by atoms with van der Waals surface area (Å²) in [7, 11) is 0. The fourth-order valence-electron chi connectivity index (χ4n) is 3.69. The summed E-state index contributed by atoms with van der Waals surface area (Å²) in [6.45, 7) is 5.30. The molecule has 2 N–H and O–H groups in total. The van der Waals surface area contributed by atoms with E-state index < -0.39 is 11.9 Å². The molecule has 0 radical (unpaired) electrons. The molecule has 1 saturated heterocycles. The SMILES string of the molecule is O=C(O)C(=O)O.c1ccc2cc(CN3CCN(c4nc5ccccc5s4)CC3)ccc2c1. The molecule has 0 saturated carbocycles. The first-order chi connectivity index (χ1) is 15.5. The Kier molecular flexibility index (Phi) is 6.63. The highest BCUT2D eigenvalue weighted by molar-refractivity contribution is 7.22. The van der Waals surface area contributed by atoms with Gasteiger partial charge in [0.25, 0.3) is 0 Å². The van der Waals surface area contributed by atoms with Gasteiger partial charge in [-0.25, -0.2) is 14.6 Å². The van der Waals surface area contributed by atoms with Crippen LogP contribution in [0.5, 0.6) is 0 Å². The molecule has 0 bridgehead atoms. The van der Waals surface area contributed by atoms with Gasteiger partial charge in [-0.3, -0.25) is 4.90 Å². The molecule has 32 heavy (non-hydrogen) atoms. The molecule has 0 aliphatic carbocycles. The predicted octanol–water partition coefficient (Wildman–Crippen LogP) is 3.93. The molecule has 2 heterocycles. The summed E-state index contributed by atoms with van der Waals surface area (Å²) >= 11 is 1.81. The highest BCUT2D eigenvalue weighted by Gasteiger charge is 2.20. The summed E-state index contributed by atoms with van der Waals surface area (Å²) in [5.41, 5.74) is 2.52. The highest BCUT2D eigenvalue weighted by Crippen LogP contribution is 2.29. The van der Waals surface area contributed by atoms with E-state index in [1.165, 1.54) is 21.0 Å². The summed E-state index contributed by atoms with van der Waals surface area (Å²) in [6, 6.07) is 23.8. The van der Waals surface area contributed by atoms with Gasteiger partial charge < -0.3 is 15.1 Å². The van der Waals surface area contributed by atoms with E-state index in [4.69, 9.17) is 24.8 Å². The van der Waals surface area contributed by atoms with Crippen LogP contribution in [-0.2, 0) is 16.1 Å². The normalized spacial score (nSPS) is 14.2. The average molecular weight is 450 g/mol. The number of hydrogen-bond donors (Lipinski definition) is 2. The van der Waals surface area contributed by atoms with Crippen molar-refractivity contribution in [3.63, 3.8) is 0 Å². The number of piperazine rings is 1. The number of carbonyl (C=O) groups is 2. The highest BCUT2D eigenvalue weighted by atomic mass is 32.1. The predicted molar refractivity (Wildman–Crippen MR) is 126 cm³/mol. The molecule has 164 valence electrons. The molecular formula is C24H23N3O4S. The Morgan fingerprint density at radius 3 is 2.19 bits per heavy atom. The fourth-order valence-corrected chi connectivity index (χ4v) is 4.71. The number of hydrogen-bond acceptors (Lipinski definition) is 6. The molecule has 4 aromatic rings. The van der Waals surface area contributed by atoms with Gasteiger partial charge in [0, 0.05) is 32.7 Å². The number of aliphatic carboxylic acids is 2. The summed E-state index contributed by atoms with van der Waals surface area (Å²) in [5.74, 6) is -3.65. The van der Waals surface area contributed by atoms with Crippen molar-refractivity contribution >= 4 is 49.4 Å². The van der Waals surface area contributed by atoms with E-state index in [0.29, 0.717) is 0 Å². The maximum absolute atomic E-state index is 9.10. The number of aromatic nitrogens is 1. The van der Waals surface area contributed by atoms with Crippen molar-refractivity contribution in [2.24, 2.45) is 0 Å². The van der Waals surface area contributed by atoms with Gasteiger partial charge in [0.15, 0.2) is 5.13 Å². The molecule has 1 fully saturated rings. The number of carboxylic acids is 2. The zero-order valence-electron chi connectivity index (χ0n) is 17.3. The van der Waals surface area contributed by atoms with Crippen molar-refractivity contribution < 1.29 is 19.8 Å². The molecule has 7 nitrogen and oxygen atoms in total. The van der Waals surface area contributed by atoms with Gasteiger partial charge >= 0.3 is 11.9 Å². The number of rotatable bonds is 3. The van der Waals surface area contributed by atoms with E-state index in [1.54, 1.807) is 11.3 Å². The van der Waals surface area contributed by atoms with Crippen LogP contribution in [0.2, 0.25) is 0 Å². The second-order valence-electron chi connectivity index (χ2n) is 7.52. The zero-order chi connectivity index (χ0) is 22.5. The maximum atomic E-state index is 9.10. The number of fused-ring (bicyclic) bond motifs is 2. The molecule has 0 unspecified atom stereocenters. The smallest absolute Gasteiger partial charge is 0.414 e. The monoisotopic (exact) mass is 449 g/mol. The topological polar surface area (TPSA) is 94.0 Å². The zero-order valence-corrected chi connectivity index (χ0v) is 18.2. The van der Waals surface area contributed by atoms with Crippen LogP contribution in [0.1, 0.15) is 5.56 Å². The van der Waals surface area contributed by atoms with Crippen molar-refractivity contribution in [3.05, 3.63) is 72.3 Å². The minimum atomic E-state index is -1.82. The van der Waals surface area contributed by atoms with Gasteiger partial charge in [0.1, 0.15) is 0 Å². The number of carboxylic acid groups (broad SMARTS) is 2. The van der Waals surface area contributed by atoms with Crippen molar-refractivity contribution in [2.75, 3.05) is 31.1 Å². The van der Waals surface area contributed by atoms with Gasteiger partial charge in [-0.15, -0.1) is 0 Å². The average Bonchev–Trinajstić information content (AvgIpc) is 3.24. The molecule has 0 spiro atoms. The van der Waals surface area contributed by atoms with Crippen LogP contribution >= 0.6 is 11.3 Å². The molecule has 8 heteroatoms. The summed E-state index contributed by atoms with van der Waals surface area (Å²) in [5, 5.41) is 18.6. The molecule has 3 aromatic carbocycles. The first-order valence-electron chi connectivity index (χ1n) is 10.3.